The van der Waals surface area contributed by atoms with Gasteiger partial charge in [-0.1, -0.05) is 26.7 Å². The summed E-state index contributed by atoms with van der Waals surface area (Å²) in [5.74, 6) is 2.03. The van der Waals surface area contributed by atoms with Crippen LogP contribution in [0.1, 0.15) is 46.0 Å². The van der Waals surface area contributed by atoms with Gasteiger partial charge in [-0.05, 0) is 51.1 Å². The lowest BCUT2D eigenvalue weighted by molar-refractivity contribution is -0.127. The molecule has 0 saturated heterocycles. The average Bonchev–Trinajstić information content (AvgIpc) is 3.03. The Hall–Kier alpha value is -0.610. The lowest BCUT2D eigenvalue weighted by atomic mass is 9.84. The Balaban J connectivity index is 1.90. The van der Waals surface area contributed by atoms with Crippen LogP contribution in [-0.2, 0) is 4.79 Å². The zero-order chi connectivity index (χ0) is 15.6. The minimum Gasteiger partial charge on any atom is -0.354 e. The van der Waals surface area contributed by atoms with Crippen LogP contribution in [0.5, 0.6) is 0 Å². The van der Waals surface area contributed by atoms with Gasteiger partial charge in [-0.25, -0.2) is 0 Å². The second-order valence-corrected chi connectivity index (χ2v) is 7.29. The van der Waals surface area contributed by atoms with E-state index in [9.17, 15) is 4.79 Å². The number of likely N-dealkylation sites (N-methyl/N-ethyl adjacent to an activating group) is 1. The molecule has 0 spiro atoms. The molecule has 0 heterocycles. The quantitative estimate of drug-likeness (QED) is 0.753. The lowest BCUT2D eigenvalue weighted by Gasteiger charge is -2.33. The normalized spacial score (nSPS) is 32.9. The summed E-state index contributed by atoms with van der Waals surface area (Å²) in [4.78, 5) is 14.8. The highest BCUT2D eigenvalue weighted by molar-refractivity contribution is 5.80. The average molecular weight is 295 g/mol. The Kier molecular flexibility index (Phi) is 5.67. The molecule has 1 amide bonds. The molecule has 5 unspecified atom stereocenters. The molecule has 2 rings (SSSR count). The molecule has 2 aliphatic carbocycles. The third-order valence-electron chi connectivity index (χ3n) is 6.02. The fraction of sp³-hybridized carbons (Fsp3) is 0.941. The van der Waals surface area contributed by atoms with Gasteiger partial charge in [0, 0.05) is 18.6 Å². The van der Waals surface area contributed by atoms with E-state index >= 15 is 0 Å². The lowest BCUT2D eigenvalue weighted by Crippen LogP contribution is -2.50. The zero-order valence-corrected chi connectivity index (χ0v) is 14.1. The first-order valence-corrected chi connectivity index (χ1v) is 8.69. The molecule has 5 atom stereocenters. The molecule has 0 aliphatic heterocycles. The number of carbonyl (C=O) groups excluding carboxylic acids is 1. The van der Waals surface area contributed by atoms with Crippen LogP contribution >= 0.6 is 0 Å². The van der Waals surface area contributed by atoms with Crippen LogP contribution in [0.25, 0.3) is 0 Å². The third-order valence-corrected chi connectivity index (χ3v) is 6.02. The largest absolute Gasteiger partial charge is 0.354 e. The van der Waals surface area contributed by atoms with Crippen molar-refractivity contribution in [2.24, 2.45) is 29.4 Å². The number of nitrogens with two attached hydrogens (primary N) is 1. The predicted molar refractivity (Wildman–Crippen MR) is 86.9 cm³/mol. The molecule has 2 fully saturated rings. The molecular weight excluding hydrogens is 262 g/mol. The molecule has 2 bridgehead atoms. The van der Waals surface area contributed by atoms with Gasteiger partial charge >= 0.3 is 0 Å². The maximum absolute atomic E-state index is 12.6. The SMILES string of the molecule is CCC(CC)C(CNC(=O)C1C2CCC(C2)C1N)N(C)C. The number of fused-ring (bicyclic) bond motifs is 2. The van der Waals surface area contributed by atoms with E-state index in [1.807, 2.05) is 0 Å². The molecule has 0 aromatic heterocycles. The van der Waals surface area contributed by atoms with Crippen molar-refractivity contribution in [1.82, 2.24) is 10.2 Å². The first kappa shape index (κ1) is 16.8. The van der Waals surface area contributed by atoms with E-state index in [4.69, 9.17) is 5.73 Å². The van der Waals surface area contributed by atoms with Gasteiger partial charge in [-0.3, -0.25) is 4.79 Å². The second-order valence-electron chi connectivity index (χ2n) is 7.29. The van der Waals surface area contributed by atoms with Crippen molar-refractivity contribution in [1.29, 1.82) is 0 Å². The van der Waals surface area contributed by atoms with Crippen LogP contribution in [0.2, 0.25) is 0 Å². The van der Waals surface area contributed by atoms with E-state index in [0.717, 1.165) is 19.4 Å². The van der Waals surface area contributed by atoms with Crippen molar-refractivity contribution in [3.8, 4) is 0 Å². The molecule has 21 heavy (non-hydrogen) atoms. The van der Waals surface area contributed by atoms with Crippen molar-refractivity contribution < 1.29 is 4.79 Å². The summed E-state index contributed by atoms with van der Waals surface area (Å²) in [6.45, 7) is 5.22. The minimum atomic E-state index is 0.0632. The van der Waals surface area contributed by atoms with Crippen LogP contribution < -0.4 is 11.1 Å². The number of rotatable bonds is 7. The summed E-state index contributed by atoms with van der Waals surface area (Å²) in [5, 5.41) is 3.21. The monoisotopic (exact) mass is 295 g/mol. The molecule has 0 aromatic carbocycles. The van der Waals surface area contributed by atoms with Gasteiger partial charge in [-0.15, -0.1) is 0 Å². The highest BCUT2D eigenvalue weighted by Crippen LogP contribution is 2.47. The van der Waals surface area contributed by atoms with E-state index in [-0.39, 0.29) is 17.9 Å². The van der Waals surface area contributed by atoms with Gasteiger partial charge in [0.2, 0.25) is 5.91 Å². The molecule has 0 aromatic rings. The highest BCUT2D eigenvalue weighted by atomic mass is 16.2. The Morgan fingerprint density at radius 2 is 1.86 bits per heavy atom. The topological polar surface area (TPSA) is 58.4 Å². The number of hydrogen-bond acceptors (Lipinski definition) is 3. The molecular formula is C17H33N3O. The first-order chi connectivity index (χ1) is 9.99. The van der Waals surface area contributed by atoms with Crippen LogP contribution in [0.15, 0.2) is 0 Å². The fourth-order valence-electron chi connectivity index (χ4n) is 4.65. The number of hydrogen-bond donors (Lipinski definition) is 2. The summed E-state index contributed by atoms with van der Waals surface area (Å²) in [6, 6.07) is 0.508. The van der Waals surface area contributed by atoms with Crippen LogP contribution in [0.4, 0.5) is 0 Å². The summed E-state index contributed by atoms with van der Waals surface area (Å²) in [6.07, 6.45) is 5.90. The third kappa shape index (κ3) is 3.42. The van der Waals surface area contributed by atoms with Crippen molar-refractivity contribution in [2.75, 3.05) is 20.6 Å². The number of nitrogens with zero attached hydrogens (tertiary/aromatic N) is 1. The van der Waals surface area contributed by atoms with Crippen molar-refractivity contribution in [3.63, 3.8) is 0 Å². The van der Waals surface area contributed by atoms with Crippen molar-refractivity contribution in [2.45, 2.75) is 58.0 Å². The Bertz CT molecular complexity index is 352. The fourth-order valence-corrected chi connectivity index (χ4v) is 4.65. The number of nitrogens with one attached hydrogen (secondary N) is 1. The van der Waals surface area contributed by atoms with Gasteiger partial charge in [-0.2, -0.15) is 0 Å². The van der Waals surface area contributed by atoms with Gasteiger partial charge in [0.05, 0.1) is 5.92 Å². The molecule has 4 heteroatoms. The maximum atomic E-state index is 12.6. The second kappa shape index (κ2) is 7.10. The van der Waals surface area contributed by atoms with E-state index in [1.54, 1.807) is 0 Å². The van der Waals surface area contributed by atoms with E-state index in [2.05, 4.69) is 38.2 Å². The maximum Gasteiger partial charge on any atom is 0.225 e. The first-order valence-electron chi connectivity index (χ1n) is 8.69. The van der Waals surface area contributed by atoms with E-state index in [0.29, 0.717) is 23.8 Å². The number of carbonyl (C=O) groups is 1. The minimum absolute atomic E-state index is 0.0632. The van der Waals surface area contributed by atoms with Crippen LogP contribution in [-0.4, -0.2) is 43.5 Å². The molecule has 2 saturated carbocycles. The standard InChI is InChI=1S/C17H33N3O/c1-5-11(6-2)14(20(3)4)10-19-17(21)15-12-7-8-13(9-12)16(15)18/h11-16H,5-10,18H2,1-4H3,(H,19,21). The predicted octanol–water partition coefficient (Wildman–Crippen LogP) is 1.84. The molecule has 4 nitrogen and oxygen atoms in total. The summed E-state index contributed by atoms with van der Waals surface area (Å²) in [5.41, 5.74) is 6.27. The van der Waals surface area contributed by atoms with Crippen molar-refractivity contribution in [3.05, 3.63) is 0 Å². The van der Waals surface area contributed by atoms with Crippen LogP contribution in [0, 0.1) is 23.7 Å². The molecule has 122 valence electrons. The van der Waals surface area contributed by atoms with E-state index < -0.39 is 0 Å². The molecule has 2 aliphatic rings. The zero-order valence-electron chi connectivity index (χ0n) is 14.1. The van der Waals surface area contributed by atoms with Crippen molar-refractivity contribution >= 4 is 5.91 Å². The smallest absolute Gasteiger partial charge is 0.225 e. The van der Waals surface area contributed by atoms with Gasteiger partial charge in [0.15, 0.2) is 0 Å². The summed E-state index contributed by atoms with van der Waals surface area (Å²) < 4.78 is 0. The Morgan fingerprint density at radius 1 is 1.24 bits per heavy atom. The van der Waals surface area contributed by atoms with Gasteiger partial charge < -0.3 is 16.0 Å². The van der Waals surface area contributed by atoms with Gasteiger partial charge in [0.1, 0.15) is 0 Å². The van der Waals surface area contributed by atoms with Gasteiger partial charge in [0.25, 0.3) is 0 Å². The Morgan fingerprint density at radius 3 is 2.33 bits per heavy atom. The summed E-state index contributed by atoms with van der Waals surface area (Å²) in [7, 11) is 4.22. The van der Waals surface area contributed by atoms with E-state index in [1.165, 1.54) is 19.3 Å². The molecule has 0 radical (unpaired) electrons. The van der Waals surface area contributed by atoms with Crippen LogP contribution in [0.3, 0.4) is 0 Å². The number of amides is 1. The molecule has 3 N–H and O–H groups in total. The Labute approximate surface area is 129 Å². The summed E-state index contributed by atoms with van der Waals surface area (Å²) >= 11 is 0. The highest BCUT2D eigenvalue weighted by Gasteiger charge is 2.49.